The van der Waals surface area contributed by atoms with Crippen LogP contribution in [0.2, 0.25) is 0 Å². The van der Waals surface area contributed by atoms with Gasteiger partial charge in [-0.2, -0.15) is 0 Å². The van der Waals surface area contributed by atoms with Crippen LogP contribution in [0.25, 0.3) is 0 Å². The Hall–Kier alpha value is -2.18. The highest BCUT2D eigenvalue weighted by molar-refractivity contribution is 7.14. The zero-order valence-electron chi connectivity index (χ0n) is 16.0. The molecule has 5 nitrogen and oxygen atoms in total. The molecule has 0 aliphatic carbocycles. The third-order valence-electron chi connectivity index (χ3n) is 4.94. The zero-order valence-corrected chi connectivity index (χ0v) is 16.9. The molecule has 6 heteroatoms. The summed E-state index contributed by atoms with van der Waals surface area (Å²) in [6.45, 7) is 7.27. The van der Waals surface area contributed by atoms with E-state index in [4.69, 9.17) is 0 Å². The first-order valence-electron chi connectivity index (χ1n) is 9.47. The Balaban J connectivity index is 1.65. The minimum Gasteiger partial charge on any atom is -0.349 e. The fourth-order valence-corrected chi connectivity index (χ4v) is 4.09. The molecule has 1 fully saturated rings. The average Bonchev–Trinajstić information content (AvgIpc) is 3.10. The zero-order chi connectivity index (χ0) is 19.4. The van der Waals surface area contributed by atoms with Gasteiger partial charge in [0.15, 0.2) is 0 Å². The number of piperidine rings is 1. The van der Waals surface area contributed by atoms with Crippen LogP contribution in [0.3, 0.4) is 0 Å². The summed E-state index contributed by atoms with van der Waals surface area (Å²) in [6.07, 6.45) is 1.84. The van der Waals surface area contributed by atoms with Gasteiger partial charge in [0.1, 0.15) is 5.00 Å². The van der Waals surface area contributed by atoms with Crippen LogP contribution in [-0.2, 0) is 0 Å². The van der Waals surface area contributed by atoms with Gasteiger partial charge < -0.3 is 16.0 Å². The fraction of sp³-hybridized carbons (Fsp3) is 0.429. The molecule has 1 aromatic carbocycles. The summed E-state index contributed by atoms with van der Waals surface area (Å²) in [5.41, 5.74) is 2.31. The van der Waals surface area contributed by atoms with Crippen molar-refractivity contribution in [3.05, 3.63) is 52.4 Å². The predicted molar refractivity (Wildman–Crippen MR) is 111 cm³/mol. The lowest BCUT2D eigenvalue weighted by atomic mass is 10.0. The van der Waals surface area contributed by atoms with Gasteiger partial charge >= 0.3 is 0 Å². The average molecular weight is 386 g/mol. The first kappa shape index (κ1) is 19.6. The van der Waals surface area contributed by atoms with E-state index >= 15 is 0 Å². The summed E-state index contributed by atoms with van der Waals surface area (Å²) in [4.78, 5) is 25.2. The van der Waals surface area contributed by atoms with E-state index in [1.165, 1.54) is 16.9 Å². The van der Waals surface area contributed by atoms with Crippen LogP contribution in [-0.4, -0.2) is 30.4 Å². The second-order valence-electron chi connectivity index (χ2n) is 7.44. The minimum atomic E-state index is -0.197. The Bertz CT molecular complexity index is 798. The molecule has 1 aromatic heterocycles. The second-order valence-corrected chi connectivity index (χ2v) is 8.36. The van der Waals surface area contributed by atoms with Crippen LogP contribution in [0.1, 0.15) is 65.8 Å². The Morgan fingerprint density at radius 1 is 1.15 bits per heavy atom. The van der Waals surface area contributed by atoms with E-state index in [2.05, 4.69) is 36.7 Å². The highest BCUT2D eigenvalue weighted by Crippen LogP contribution is 2.25. The number of carbonyl (C=O) groups excluding carboxylic acids is 2. The van der Waals surface area contributed by atoms with Gasteiger partial charge in [-0.05, 0) is 61.4 Å². The molecule has 3 rings (SSSR count). The van der Waals surface area contributed by atoms with E-state index in [1.54, 1.807) is 6.07 Å². The summed E-state index contributed by atoms with van der Waals surface area (Å²) in [7, 11) is 0. The number of amides is 2. The Morgan fingerprint density at radius 2 is 1.89 bits per heavy atom. The maximum atomic E-state index is 12.7. The number of hydrogen-bond donors (Lipinski definition) is 3. The molecular formula is C21H27N3O2S. The van der Waals surface area contributed by atoms with E-state index < -0.39 is 0 Å². The number of nitrogens with one attached hydrogen (secondary N) is 3. The molecule has 1 aliphatic heterocycles. The van der Waals surface area contributed by atoms with Crippen molar-refractivity contribution in [3.8, 4) is 0 Å². The van der Waals surface area contributed by atoms with Gasteiger partial charge in [-0.25, -0.2) is 0 Å². The standard InChI is InChI=1S/C21H27N3O2S/c1-13(2)15-4-6-16(7-5-15)19(25)24-21-18(9-11-27-21)20(26)23-17-8-10-22-14(3)12-17/h4-7,9,11,13-14,17,22H,8,10,12H2,1-3H3,(H,23,26)(H,24,25). The van der Waals surface area contributed by atoms with Gasteiger partial charge in [-0.15, -0.1) is 11.3 Å². The third kappa shape index (κ3) is 4.96. The number of hydrogen-bond acceptors (Lipinski definition) is 4. The maximum Gasteiger partial charge on any atom is 0.256 e. The topological polar surface area (TPSA) is 70.2 Å². The van der Waals surface area contributed by atoms with Crippen LogP contribution in [0.4, 0.5) is 5.00 Å². The molecule has 0 spiro atoms. The van der Waals surface area contributed by atoms with E-state index in [0.29, 0.717) is 28.1 Å². The molecule has 2 amide bonds. The van der Waals surface area contributed by atoms with Gasteiger partial charge in [0.2, 0.25) is 0 Å². The van der Waals surface area contributed by atoms with Crippen LogP contribution in [0, 0.1) is 0 Å². The van der Waals surface area contributed by atoms with Crippen molar-refractivity contribution in [3.63, 3.8) is 0 Å². The van der Waals surface area contributed by atoms with E-state index in [-0.39, 0.29) is 17.9 Å². The highest BCUT2D eigenvalue weighted by Gasteiger charge is 2.22. The van der Waals surface area contributed by atoms with Gasteiger partial charge in [0, 0.05) is 17.6 Å². The van der Waals surface area contributed by atoms with Gasteiger partial charge in [-0.1, -0.05) is 26.0 Å². The second kappa shape index (κ2) is 8.67. The summed E-state index contributed by atoms with van der Waals surface area (Å²) in [5.74, 6) is 0.102. The molecule has 1 aliphatic rings. The van der Waals surface area contributed by atoms with Crippen molar-refractivity contribution in [2.75, 3.05) is 11.9 Å². The third-order valence-corrected chi connectivity index (χ3v) is 5.77. The van der Waals surface area contributed by atoms with Gasteiger partial charge in [0.05, 0.1) is 5.56 Å². The Labute approximate surface area is 164 Å². The summed E-state index contributed by atoms with van der Waals surface area (Å²) < 4.78 is 0. The molecule has 144 valence electrons. The molecule has 0 bridgehead atoms. The first-order chi connectivity index (χ1) is 12.9. The molecule has 0 radical (unpaired) electrons. The van der Waals surface area contributed by atoms with Crippen LogP contribution in [0.5, 0.6) is 0 Å². The van der Waals surface area contributed by atoms with Crippen molar-refractivity contribution in [1.29, 1.82) is 0 Å². The first-order valence-corrected chi connectivity index (χ1v) is 10.3. The van der Waals surface area contributed by atoms with E-state index in [1.807, 2.05) is 29.6 Å². The predicted octanol–water partition coefficient (Wildman–Crippen LogP) is 3.99. The molecule has 2 aromatic rings. The molecule has 3 N–H and O–H groups in total. The van der Waals surface area contributed by atoms with Crippen molar-refractivity contribution < 1.29 is 9.59 Å². The van der Waals surface area contributed by atoms with Gasteiger partial charge in [0.25, 0.3) is 11.8 Å². The fourth-order valence-electron chi connectivity index (χ4n) is 3.31. The number of rotatable bonds is 5. The van der Waals surface area contributed by atoms with Crippen molar-refractivity contribution >= 4 is 28.2 Å². The SMILES string of the molecule is CC1CC(NC(=O)c2ccsc2NC(=O)c2ccc(C(C)C)cc2)CCN1. The van der Waals surface area contributed by atoms with Crippen LogP contribution >= 0.6 is 11.3 Å². The quantitative estimate of drug-likeness (QED) is 0.729. The van der Waals surface area contributed by atoms with Crippen molar-refractivity contribution in [2.24, 2.45) is 0 Å². The monoisotopic (exact) mass is 385 g/mol. The van der Waals surface area contributed by atoms with Crippen molar-refractivity contribution in [2.45, 2.75) is 51.6 Å². The Morgan fingerprint density at radius 3 is 2.56 bits per heavy atom. The highest BCUT2D eigenvalue weighted by atomic mass is 32.1. The lowest BCUT2D eigenvalue weighted by molar-refractivity contribution is 0.0927. The smallest absolute Gasteiger partial charge is 0.256 e. The molecule has 2 unspecified atom stereocenters. The number of anilines is 1. The summed E-state index contributed by atoms with van der Waals surface area (Å²) in [6, 6.07) is 9.94. The molecule has 27 heavy (non-hydrogen) atoms. The number of carbonyl (C=O) groups is 2. The van der Waals surface area contributed by atoms with Crippen LogP contribution < -0.4 is 16.0 Å². The van der Waals surface area contributed by atoms with Crippen molar-refractivity contribution in [1.82, 2.24) is 10.6 Å². The molecule has 1 saturated heterocycles. The molecule has 0 saturated carbocycles. The summed E-state index contributed by atoms with van der Waals surface area (Å²) >= 11 is 1.37. The largest absolute Gasteiger partial charge is 0.349 e. The number of thiophene rings is 1. The lowest BCUT2D eigenvalue weighted by Gasteiger charge is -2.28. The number of benzene rings is 1. The normalized spacial score (nSPS) is 19.7. The Kier molecular flexibility index (Phi) is 6.29. The van der Waals surface area contributed by atoms with E-state index in [0.717, 1.165) is 19.4 Å². The molecule has 2 heterocycles. The minimum absolute atomic E-state index is 0.124. The molecule has 2 atom stereocenters. The maximum absolute atomic E-state index is 12.7. The molecular weight excluding hydrogens is 358 g/mol. The summed E-state index contributed by atoms with van der Waals surface area (Å²) in [5, 5.41) is 11.8. The lowest BCUT2D eigenvalue weighted by Crippen LogP contribution is -2.46. The van der Waals surface area contributed by atoms with Gasteiger partial charge in [-0.3, -0.25) is 9.59 Å². The van der Waals surface area contributed by atoms with Crippen LogP contribution in [0.15, 0.2) is 35.7 Å². The van der Waals surface area contributed by atoms with E-state index in [9.17, 15) is 9.59 Å².